The Balaban J connectivity index is 2.94. The first-order chi connectivity index (χ1) is 6.74. The van der Waals surface area contributed by atoms with Crippen molar-refractivity contribution in [2.75, 3.05) is 7.11 Å². The summed E-state index contributed by atoms with van der Waals surface area (Å²) >= 11 is 0. The van der Waals surface area contributed by atoms with Gasteiger partial charge in [0.05, 0.1) is 18.0 Å². The second-order valence-electron chi connectivity index (χ2n) is 2.85. The van der Waals surface area contributed by atoms with Gasteiger partial charge in [0.15, 0.2) is 17.0 Å². The van der Waals surface area contributed by atoms with Crippen LogP contribution in [0.1, 0.15) is 0 Å². The summed E-state index contributed by atoms with van der Waals surface area (Å²) in [6, 6.07) is 4.37. The molecule has 0 saturated heterocycles. The van der Waals surface area contributed by atoms with E-state index in [0.717, 1.165) is 0 Å². The molecule has 0 radical (unpaired) electrons. The molecule has 0 aliphatic heterocycles. The van der Waals surface area contributed by atoms with Gasteiger partial charge in [0.25, 0.3) is 0 Å². The minimum Gasteiger partial charge on any atom is -0.494 e. The van der Waals surface area contributed by atoms with Crippen LogP contribution in [0.3, 0.4) is 0 Å². The molecule has 1 heterocycles. The first-order valence-corrected chi connectivity index (χ1v) is 4.08. The van der Waals surface area contributed by atoms with Crippen molar-refractivity contribution in [3.63, 3.8) is 0 Å². The van der Waals surface area contributed by atoms with Gasteiger partial charge in [-0.15, -0.1) is 0 Å². The second-order valence-corrected chi connectivity index (χ2v) is 2.85. The molecular formula is C10H8FNO2. The number of hydrogen-bond donors (Lipinski definition) is 1. The molecule has 1 aromatic carbocycles. The van der Waals surface area contributed by atoms with E-state index in [0.29, 0.717) is 5.52 Å². The van der Waals surface area contributed by atoms with Crippen LogP contribution in [0, 0.1) is 5.82 Å². The van der Waals surface area contributed by atoms with Crippen molar-refractivity contribution in [3.05, 3.63) is 40.4 Å². The zero-order valence-corrected chi connectivity index (χ0v) is 7.50. The van der Waals surface area contributed by atoms with E-state index < -0.39 is 5.82 Å². The first kappa shape index (κ1) is 8.74. The van der Waals surface area contributed by atoms with E-state index in [-0.39, 0.29) is 16.6 Å². The average molecular weight is 193 g/mol. The molecule has 3 nitrogen and oxygen atoms in total. The minimum atomic E-state index is -0.619. The smallest absolute Gasteiger partial charge is 0.192 e. The Kier molecular flexibility index (Phi) is 1.96. The lowest BCUT2D eigenvalue weighted by atomic mass is 10.2. The summed E-state index contributed by atoms with van der Waals surface area (Å²) in [4.78, 5) is 14.1. The van der Waals surface area contributed by atoms with Crippen molar-refractivity contribution in [2.24, 2.45) is 0 Å². The summed E-state index contributed by atoms with van der Waals surface area (Å²) in [6.07, 6.45) is 1.48. The monoisotopic (exact) mass is 193 g/mol. The Bertz CT molecular complexity index is 533. The van der Waals surface area contributed by atoms with E-state index in [1.54, 1.807) is 6.07 Å². The Morgan fingerprint density at radius 2 is 2.14 bits per heavy atom. The standard InChI is InChI=1S/C10H8FNO2/c1-14-8-3-2-6-9(10(8)11)7(13)4-5-12-6/h2-5H,1H3,(H,12,13). The zero-order valence-electron chi connectivity index (χ0n) is 7.50. The molecular weight excluding hydrogens is 185 g/mol. The number of halogens is 1. The van der Waals surface area contributed by atoms with Gasteiger partial charge >= 0.3 is 0 Å². The van der Waals surface area contributed by atoms with Crippen LogP contribution < -0.4 is 10.2 Å². The SMILES string of the molecule is COc1ccc2[nH]ccc(=O)c2c1F. The van der Waals surface area contributed by atoms with Gasteiger partial charge in [-0.25, -0.2) is 4.39 Å². The summed E-state index contributed by atoms with van der Waals surface area (Å²) in [5.41, 5.74) is 0.117. The predicted octanol–water partition coefficient (Wildman–Crippen LogP) is 1.68. The molecule has 14 heavy (non-hydrogen) atoms. The molecule has 2 rings (SSSR count). The van der Waals surface area contributed by atoms with Crippen molar-refractivity contribution in [3.8, 4) is 5.75 Å². The number of fused-ring (bicyclic) bond motifs is 1. The van der Waals surface area contributed by atoms with E-state index in [4.69, 9.17) is 4.74 Å². The first-order valence-electron chi connectivity index (χ1n) is 4.08. The summed E-state index contributed by atoms with van der Waals surface area (Å²) < 4.78 is 18.4. The number of pyridine rings is 1. The molecule has 0 saturated carbocycles. The van der Waals surface area contributed by atoms with Crippen molar-refractivity contribution in [1.82, 2.24) is 4.98 Å². The lowest BCUT2D eigenvalue weighted by Gasteiger charge is -2.03. The fourth-order valence-corrected chi connectivity index (χ4v) is 1.37. The van der Waals surface area contributed by atoms with Crippen LogP contribution in [-0.2, 0) is 0 Å². The lowest BCUT2D eigenvalue weighted by Crippen LogP contribution is -2.03. The summed E-state index contributed by atoms with van der Waals surface area (Å²) in [7, 11) is 1.36. The largest absolute Gasteiger partial charge is 0.494 e. The van der Waals surface area contributed by atoms with Crippen molar-refractivity contribution < 1.29 is 9.13 Å². The molecule has 1 N–H and O–H groups in total. The summed E-state index contributed by atoms with van der Waals surface area (Å²) in [5, 5.41) is 0.0341. The third-order valence-electron chi connectivity index (χ3n) is 2.05. The quantitative estimate of drug-likeness (QED) is 0.748. The van der Waals surface area contributed by atoms with Gasteiger partial charge in [-0.05, 0) is 12.1 Å². The summed E-state index contributed by atoms with van der Waals surface area (Å²) in [5.74, 6) is -0.541. The van der Waals surface area contributed by atoms with Crippen LogP contribution in [0.5, 0.6) is 5.75 Å². The number of hydrogen-bond acceptors (Lipinski definition) is 2. The van der Waals surface area contributed by atoms with Gasteiger partial charge in [0.2, 0.25) is 0 Å². The number of benzene rings is 1. The number of aromatic nitrogens is 1. The molecule has 0 spiro atoms. The van der Waals surface area contributed by atoms with Crippen molar-refractivity contribution >= 4 is 10.9 Å². The van der Waals surface area contributed by atoms with Gasteiger partial charge < -0.3 is 9.72 Å². The number of H-pyrrole nitrogens is 1. The number of aromatic amines is 1. The number of rotatable bonds is 1. The maximum Gasteiger partial charge on any atom is 0.192 e. The second kappa shape index (κ2) is 3.14. The Labute approximate surface area is 79.1 Å². The average Bonchev–Trinajstić information content (AvgIpc) is 2.18. The van der Waals surface area contributed by atoms with E-state index in [2.05, 4.69) is 4.98 Å². The third-order valence-corrected chi connectivity index (χ3v) is 2.05. The van der Waals surface area contributed by atoms with E-state index in [9.17, 15) is 9.18 Å². The molecule has 4 heteroatoms. The van der Waals surface area contributed by atoms with E-state index in [1.807, 2.05) is 0 Å². The molecule has 72 valence electrons. The van der Waals surface area contributed by atoms with Gasteiger partial charge in [0.1, 0.15) is 0 Å². The number of nitrogens with one attached hydrogen (secondary N) is 1. The van der Waals surface area contributed by atoms with Crippen LogP contribution in [-0.4, -0.2) is 12.1 Å². The Hall–Kier alpha value is -1.84. The highest BCUT2D eigenvalue weighted by Gasteiger charge is 2.09. The summed E-state index contributed by atoms with van der Waals surface area (Å²) in [6.45, 7) is 0. The molecule has 0 unspecified atom stereocenters. The number of ether oxygens (including phenoxy) is 1. The highest BCUT2D eigenvalue weighted by molar-refractivity contribution is 5.80. The molecule has 2 aromatic rings. The molecule has 0 aliphatic rings. The van der Waals surface area contributed by atoms with Gasteiger partial charge in [0, 0.05) is 12.3 Å². The Morgan fingerprint density at radius 1 is 1.36 bits per heavy atom. The number of methoxy groups -OCH3 is 1. The van der Waals surface area contributed by atoms with Gasteiger partial charge in [-0.1, -0.05) is 0 Å². The van der Waals surface area contributed by atoms with Crippen LogP contribution in [0.4, 0.5) is 4.39 Å². The molecule has 0 amide bonds. The van der Waals surface area contributed by atoms with Gasteiger partial charge in [-0.3, -0.25) is 4.79 Å². The van der Waals surface area contributed by atoms with Crippen LogP contribution >= 0.6 is 0 Å². The highest BCUT2D eigenvalue weighted by atomic mass is 19.1. The third kappa shape index (κ3) is 1.16. The van der Waals surface area contributed by atoms with Crippen molar-refractivity contribution in [1.29, 1.82) is 0 Å². The fraction of sp³-hybridized carbons (Fsp3) is 0.100. The van der Waals surface area contributed by atoms with E-state index >= 15 is 0 Å². The maximum atomic E-state index is 13.6. The maximum absolute atomic E-state index is 13.6. The molecule has 0 fully saturated rings. The van der Waals surface area contributed by atoms with Crippen molar-refractivity contribution in [2.45, 2.75) is 0 Å². The lowest BCUT2D eigenvalue weighted by molar-refractivity contribution is 0.389. The fourth-order valence-electron chi connectivity index (χ4n) is 1.37. The topological polar surface area (TPSA) is 42.1 Å². The highest BCUT2D eigenvalue weighted by Crippen LogP contribution is 2.21. The molecule has 1 aromatic heterocycles. The molecule has 0 atom stereocenters. The normalized spacial score (nSPS) is 10.4. The van der Waals surface area contributed by atoms with Crippen LogP contribution in [0.25, 0.3) is 10.9 Å². The molecule has 0 bridgehead atoms. The Morgan fingerprint density at radius 3 is 2.86 bits per heavy atom. The molecule has 0 aliphatic carbocycles. The predicted molar refractivity (Wildman–Crippen MR) is 51.1 cm³/mol. The van der Waals surface area contributed by atoms with Crippen LogP contribution in [0.2, 0.25) is 0 Å². The van der Waals surface area contributed by atoms with E-state index in [1.165, 1.54) is 25.4 Å². The van der Waals surface area contributed by atoms with Crippen LogP contribution in [0.15, 0.2) is 29.2 Å². The zero-order chi connectivity index (χ0) is 10.1. The minimum absolute atomic E-state index is 0.0341. The van der Waals surface area contributed by atoms with Gasteiger partial charge in [-0.2, -0.15) is 0 Å².